The minimum absolute atomic E-state index is 0.129. The van der Waals surface area contributed by atoms with Crippen LogP contribution in [0.1, 0.15) is 44.6 Å². The van der Waals surface area contributed by atoms with Gasteiger partial charge in [-0.1, -0.05) is 31.9 Å². The van der Waals surface area contributed by atoms with Gasteiger partial charge in [-0.3, -0.25) is 4.79 Å². The van der Waals surface area contributed by atoms with Crippen LogP contribution in [0.2, 0.25) is 0 Å². The molecular weight excluding hydrogens is 318 g/mol. The average Bonchev–Trinajstić information content (AvgIpc) is 2.58. The number of thiocarbonyl (C=S) groups is 1. The van der Waals surface area contributed by atoms with Crippen LogP contribution >= 0.6 is 12.2 Å². The molecule has 1 amide bonds. The third kappa shape index (κ3) is 5.78. The van der Waals surface area contributed by atoms with E-state index in [1.807, 2.05) is 12.1 Å². The lowest BCUT2D eigenvalue weighted by atomic mass is 9.96. The van der Waals surface area contributed by atoms with Crippen LogP contribution in [0.4, 0.5) is 5.69 Å². The molecule has 0 aliphatic carbocycles. The van der Waals surface area contributed by atoms with Gasteiger partial charge in [0.05, 0.1) is 0 Å². The molecule has 4 nitrogen and oxygen atoms in total. The van der Waals surface area contributed by atoms with Crippen LogP contribution in [-0.2, 0) is 4.79 Å². The highest BCUT2D eigenvalue weighted by Gasteiger charge is 2.25. The number of hydrogen-bond donors (Lipinski definition) is 2. The second kappa shape index (κ2) is 9.62. The second-order valence-corrected chi connectivity index (χ2v) is 6.95. The van der Waals surface area contributed by atoms with Crippen molar-refractivity contribution in [3.63, 3.8) is 0 Å². The van der Waals surface area contributed by atoms with Crippen LogP contribution in [-0.4, -0.2) is 35.6 Å². The smallest absolute Gasteiger partial charge is 0.223 e. The van der Waals surface area contributed by atoms with E-state index in [0.29, 0.717) is 0 Å². The lowest BCUT2D eigenvalue weighted by Crippen LogP contribution is -2.44. The number of carbonyl (C=O) groups excluding carboxylic acids is 1. The number of rotatable bonds is 6. The Labute approximate surface area is 151 Å². The molecule has 1 saturated heterocycles. The molecule has 0 aromatic heterocycles. The summed E-state index contributed by atoms with van der Waals surface area (Å²) in [6.07, 6.45) is 5.17. The topological polar surface area (TPSA) is 44.4 Å². The molecule has 2 N–H and O–H groups in total. The number of carbonyl (C=O) groups is 1. The highest BCUT2D eigenvalue weighted by Crippen LogP contribution is 2.19. The Kier molecular flexibility index (Phi) is 7.50. The SMILES string of the molecule is CCCCCNC(=O)C1CCN(C(=S)Nc2cccc(C)c2)CC1. The van der Waals surface area contributed by atoms with Crippen LogP contribution in [0.25, 0.3) is 0 Å². The van der Waals surface area contributed by atoms with Crippen LogP contribution < -0.4 is 10.6 Å². The molecule has 5 heteroatoms. The van der Waals surface area contributed by atoms with E-state index in [-0.39, 0.29) is 11.8 Å². The van der Waals surface area contributed by atoms with Gasteiger partial charge < -0.3 is 15.5 Å². The molecule has 1 aliphatic heterocycles. The molecule has 132 valence electrons. The predicted octanol–water partition coefficient (Wildman–Crippen LogP) is 3.71. The first-order valence-corrected chi connectivity index (χ1v) is 9.41. The van der Waals surface area contributed by atoms with Gasteiger partial charge >= 0.3 is 0 Å². The summed E-state index contributed by atoms with van der Waals surface area (Å²) in [6.45, 7) is 6.72. The minimum Gasteiger partial charge on any atom is -0.356 e. The summed E-state index contributed by atoms with van der Waals surface area (Å²) in [7, 11) is 0. The van der Waals surface area contributed by atoms with Crippen molar-refractivity contribution in [1.82, 2.24) is 10.2 Å². The van der Waals surface area contributed by atoms with Crippen LogP contribution in [0.15, 0.2) is 24.3 Å². The molecule has 0 bridgehead atoms. The average molecular weight is 348 g/mol. The fraction of sp³-hybridized carbons (Fsp3) is 0.579. The van der Waals surface area contributed by atoms with E-state index in [1.165, 1.54) is 18.4 Å². The Morgan fingerprint density at radius 2 is 2.04 bits per heavy atom. The quantitative estimate of drug-likeness (QED) is 0.608. The van der Waals surface area contributed by atoms with Crippen LogP contribution in [0.3, 0.4) is 0 Å². The molecule has 0 radical (unpaired) electrons. The fourth-order valence-corrected chi connectivity index (χ4v) is 3.30. The highest BCUT2D eigenvalue weighted by molar-refractivity contribution is 7.80. The van der Waals surface area contributed by atoms with Gasteiger partial charge in [-0.2, -0.15) is 0 Å². The zero-order valence-electron chi connectivity index (χ0n) is 14.8. The Hall–Kier alpha value is -1.62. The van der Waals surface area contributed by atoms with E-state index in [9.17, 15) is 4.79 Å². The Morgan fingerprint density at radius 1 is 1.29 bits per heavy atom. The summed E-state index contributed by atoms with van der Waals surface area (Å²) in [5.41, 5.74) is 2.23. The van der Waals surface area contributed by atoms with Gasteiger partial charge in [-0.15, -0.1) is 0 Å². The first-order chi connectivity index (χ1) is 11.6. The van der Waals surface area contributed by atoms with Crippen molar-refractivity contribution in [2.45, 2.75) is 46.0 Å². The molecular formula is C19H29N3OS. The summed E-state index contributed by atoms with van der Waals surface area (Å²) in [5, 5.41) is 7.13. The minimum atomic E-state index is 0.129. The van der Waals surface area contributed by atoms with E-state index < -0.39 is 0 Å². The zero-order chi connectivity index (χ0) is 17.4. The number of hydrogen-bond acceptors (Lipinski definition) is 2. The largest absolute Gasteiger partial charge is 0.356 e. The fourth-order valence-electron chi connectivity index (χ4n) is 3.00. The third-order valence-electron chi connectivity index (χ3n) is 4.50. The standard InChI is InChI=1S/C19H29N3OS/c1-3-4-5-11-20-18(23)16-9-12-22(13-10-16)19(24)21-17-8-6-7-15(2)14-17/h6-8,14,16H,3-5,9-13H2,1-2H3,(H,20,23)(H,21,24). The molecule has 0 unspecified atom stereocenters. The Bertz CT molecular complexity index is 553. The normalized spacial score (nSPS) is 15.2. The molecule has 0 atom stereocenters. The van der Waals surface area contributed by atoms with Gasteiger partial charge in [0.1, 0.15) is 0 Å². The number of benzene rings is 1. The molecule has 1 aromatic rings. The van der Waals surface area contributed by atoms with E-state index >= 15 is 0 Å². The monoisotopic (exact) mass is 347 g/mol. The molecule has 0 spiro atoms. The first-order valence-electron chi connectivity index (χ1n) is 9.00. The number of amides is 1. The first kappa shape index (κ1) is 18.7. The van der Waals surface area contributed by atoms with Gasteiger partial charge in [-0.05, 0) is 56.1 Å². The second-order valence-electron chi connectivity index (χ2n) is 6.56. The maximum Gasteiger partial charge on any atom is 0.223 e. The summed E-state index contributed by atoms with van der Waals surface area (Å²) >= 11 is 5.52. The molecule has 1 aliphatic rings. The van der Waals surface area contributed by atoms with Crippen LogP contribution in [0, 0.1) is 12.8 Å². The van der Waals surface area contributed by atoms with Crippen molar-refractivity contribution >= 4 is 28.9 Å². The van der Waals surface area contributed by atoms with E-state index in [2.05, 4.69) is 41.5 Å². The molecule has 0 saturated carbocycles. The van der Waals surface area contributed by atoms with Crippen molar-refractivity contribution < 1.29 is 4.79 Å². The number of aryl methyl sites for hydroxylation is 1. The molecule has 2 rings (SSSR count). The van der Waals surface area contributed by atoms with E-state index in [1.54, 1.807) is 0 Å². The predicted molar refractivity (Wildman–Crippen MR) is 104 cm³/mol. The maximum atomic E-state index is 12.2. The lowest BCUT2D eigenvalue weighted by Gasteiger charge is -2.33. The summed E-state index contributed by atoms with van der Waals surface area (Å²) in [4.78, 5) is 14.4. The van der Waals surface area contributed by atoms with Crippen molar-refractivity contribution in [1.29, 1.82) is 0 Å². The van der Waals surface area contributed by atoms with E-state index in [0.717, 1.165) is 49.7 Å². The van der Waals surface area contributed by atoms with Gasteiger partial charge in [0, 0.05) is 31.2 Å². The molecule has 1 aromatic carbocycles. The number of nitrogens with one attached hydrogen (secondary N) is 2. The summed E-state index contributed by atoms with van der Waals surface area (Å²) in [6, 6.07) is 8.20. The highest BCUT2D eigenvalue weighted by atomic mass is 32.1. The molecule has 24 heavy (non-hydrogen) atoms. The van der Waals surface area contributed by atoms with Crippen molar-refractivity contribution in [2.75, 3.05) is 25.0 Å². The third-order valence-corrected chi connectivity index (χ3v) is 4.86. The van der Waals surface area contributed by atoms with Crippen molar-refractivity contribution in [2.24, 2.45) is 5.92 Å². The van der Waals surface area contributed by atoms with Gasteiger partial charge in [0.15, 0.2) is 5.11 Å². The van der Waals surface area contributed by atoms with Crippen LogP contribution in [0.5, 0.6) is 0 Å². The maximum absolute atomic E-state index is 12.2. The van der Waals surface area contributed by atoms with Gasteiger partial charge in [0.2, 0.25) is 5.91 Å². The number of piperidine rings is 1. The Balaban J connectivity index is 1.73. The molecule has 1 heterocycles. The van der Waals surface area contributed by atoms with Gasteiger partial charge in [-0.25, -0.2) is 0 Å². The lowest BCUT2D eigenvalue weighted by molar-refractivity contribution is -0.126. The van der Waals surface area contributed by atoms with E-state index in [4.69, 9.17) is 12.2 Å². The molecule has 1 fully saturated rings. The number of anilines is 1. The Morgan fingerprint density at radius 3 is 2.71 bits per heavy atom. The number of nitrogens with zero attached hydrogens (tertiary/aromatic N) is 1. The number of unbranched alkanes of at least 4 members (excludes halogenated alkanes) is 2. The van der Waals surface area contributed by atoms with Crippen molar-refractivity contribution in [3.05, 3.63) is 29.8 Å². The van der Waals surface area contributed by atoms with Crippen molar-refractivity contribution in [3.8, 4) is 0 Å². The zero-order valence-corrected chi connectivity index (χ0v) is 15.6. The number of likely N-dealkylation sites (tertiary alicyclic amines) is 1. The summed E-state index contributed by atoms with van der Waals surface area (Å²) < 4.78 is 0. The van der Waals surface area contributed by atoms with Gasteiger partial charge in [0.25, 0.3) is 0 Å². The summed E-state index contributed by atoms with van der Waals surface area (Å²) in [5.74, 6) is 0.341.